The Kier molecular flexibility index (Phi) is 1.24. The lowest BCUT2D eigenvalue weighted by atomic mass is 10.2. The highest BCUT2D eigenvalue weighted by Gasteiger charge is 2.37. The van der Waals surface area contributed by atoms with Gasteiger partial charge in [0.15, 0.2) is 0 Å². The molecular formula is C7H11N3. The highest BCUT2D eigenvalue weighted by Crippen LogP contribution is 2.45. The highest BCUT2D eigenvalue weighted by molar-refractivity contribution is 5.14. The van der Waals surface area contributed by atoms with Crippen LogP contribution in [0.3, 0.4) is 0 Å². The van der Waals surface area contributed by atoms with Crippen LogP contribution in [0.4, 0.5) is 0 Å². The minimum Gasteiger partial charge on any atom is -0.348 e. The van der Waals surface area contributed by atoms with Gasteiger partial charge in [0.05, 0.1) is 6.33 Å². The van der Waals surface area contributed by atoms with Gasteiger partial charge < -0.3 is 10.7 Å². The molecule has 54 valence electrons. The maximum atomic E-state index is 5.50. The lowest BCUT2D eigenvalue weighted by Gasteiger charge is -1.90. The van der Waals surface area contributed by atoms with Crippen LogP contribution in [-0.2, 0) is 0 Å². The van der Waals surface area contributed by atoms with Crippen molar-refractivity contribution in [3.05, 3.63) is 18.2 Å². The van der Waals surface area contributed by atoms with Crippen LogP contribution in [0.25, 0.3) is 0 Å². The molecular weight excluding hydrogens is 126 g/mol. The number of hydrogen-bond donors (Lipinski definition) is 2. The molecule has 0 aliphatic heterocycles. The fourth-order valence-electron chi connectivity index (χ4n) is 1.36. The first kappa shape index (κ1) is 5.92. The van der Waals surface area contributed by atoms with Gasteiger partial charge >= 0.3 is 0 Å². The lowest BCUT2D eigenvalue weighted by Crippen LogP contribution is -2.01. The third-order valence-electron chi connectivity index (χ3n) is 2.14. The van der Waals surface area contributed by atoms with E-state index in [1.807, 2.05) is 6.20 Å². The van der Waals surface area contributed by atoms with Gasteiger partial charge in [0.1, 0.15) is 0 Å². The van der Waals surface area contributed by atoms with E-state index < -0.39 is 0 Å². The van der Waals surface area contributed by atoms with Crippen molar-refractivity contribution in [2.45, 2.75) is 12.3 Å². The van der Waals surface area contributed by atoms with Crippen molar-refractivity contribution in [3.63, 3.8) is 0 Å². The minimum atomic E-state index is 0.674. The number of H-pyrrole nitrogens is 1. The topological polar surface area (TPSA) is 54.7 Å². The van der Waals surface area contributed by atoms with Gasteiger partial charge in [-0.05, 0) is 18.9 Å². The van der Waals surface area contributed by atoms with Crippen molar-refractivity contribution >= 4 is 0 Å². The van der Waals surface area contributed by atoms with E-state index in [0.29, 0.717) is 11.8 Å². The number of imidazole rings is 1. The molecule has 0 unspecified atom stereocenters. The van der Waals surface area contributed by atoms with Gasteiger partial charge in [-0.25, -0.2) is 4.98 Å². The summed E-state index contributed by atoms with van der Waals surface area (Å²) in [6, 6.07) is 0. The van der Waals surface area contributed by atoms with Crippen LogP contribution >= 0.6 is 0 Å². The summed E-state index contributed by atoms with van der Waals surface area (Å²) < 4.78 is 0. The molecule has 1 aliphatic carbocycles. The molecule has 3 nitrogen and oxygen atoms in total. The van der Waals surface area contributed by atoms with Gasteiger partial charge in [0, 0.05) is 17.8 Å². The lowest BCUT2D eigenvalue weighted by molar-refractivity contribution is 0.800. The quantitative estimate of drug-likeness (QED) is 0.622. The van der Waals surface area contributed by atoms with Crippen LogP contribution in [0.5, 0.6) is 0 Å². The first-order valence-electron chi connectivity index (χ1n) is 3.60. The number of nitrogens with two attached hydrogens (primary N) is 1. The fourth-order valence-corrected chi connectivity index (χ4v) is 1.36. The molecule has 1 saturated carbocycles. The first-order valence-corrected chi connectivity index (χ1v) is 3.60. The van der Waals surface area contributed by atoms with Crippen molar-refractivity contribution in [3.8, 4) is 0 Å². The summed E-state index contributed by atoms with van der Waals surface area (Å²) in [4.78, 5) is 7.05. The van der Waals surface area contributed by atoms with E-state index in [9.17, 15) is 0 Å². The third-order valence-corrected chi connectivity index (χ3v) is 2.14. The van der Waals surface area contributed by atoms with Crippen molar-refractivity contribution in [1.82, 2.24) is 9.97 Å². The molecule has 0 spiro atoms. The molecule has 2 atom stereocenters. The Morgan fingerprint density at radius 2 is 2.70 bits per heavy atom. The predicted molar refractivity (Wildman–Crippen MR) is 38.5 cm³/mol. The molecule has 0 amide bonds. The number of hydrogen-bond acceptors (Lipinski definition) is 2. The molecule has 3 heteroatoms. The zero-order chi connectivity index (χ0) is 6.97. The summed E-state index contributed by atoms with van der Waals surface area (Å²) in [5, 5.41) is 0. The number of rotatable bonds is 2. The number of nitrogens with one attached hydrogen (secondary N) is 1. The molecule has 10 heavy (non-hydrogen) atoms. The molecule has 0 radical (unpaired) electrons. The Hall–Kier alpha value is -0.830. The molecule has 1 fully saturated rings. The molecule has 3 N–H and O–H groups in total. The second-order valence-electron chi connectivity index (χ2n) is 2.84. The SMILES string of the molecule is NC[C@@H]1C[C@@H]1c1cnc[nH]1. The number of nitrogens with zero attached hydrogens (tertiary/aromatic N) is 1. The van der Waals surface area contributed by atoms with Gasteiger partial charge in [0.2, 0.25) is 0 Å². The Labute approximate surface area is 59.7 Å². The summed E-state index contributed by atoms with van der Waals surface area (Å²) in [6.45, 7) is 0.809. The first-order chi connectivity index (χ1) is 4.92. The van der Waals surface area contributed by atoms with Gasteiger partial charge in [-0.1, -0.05) is 0 Å². The van der Waals surface area contributed by atoms with Crippen molar-refractivity contribution in [2.24, 2.45) is 11.7 Å². The molecule has 1 aromatic heterocycles. The van der Waals surface area contributed by atoms with Crippen LogP contribution in [0, 0.1) is 5.92 Å². The van der Waals surface area contributed by atoms with Crippen LogP contribution < -0.4 is 5.73 Å². The van der Waals surface area contributed by atoms with E-state index in [1.165, 1.54) is 12.1 Å². The Morgan fingerprint density at radius 1 is 1.80 bits per heavy atom. The van der Waals surface area contributed by atoms with Crippen molar-refractivity contribution in [1.29, 1.82) is 0 Å². The maximum absolute atomic E-state index is 5.50. The van der Waals surface area contributed by atoms with E-state index in [0.717, 1.165) is 6.54 Å². The van der Waals surface area contributed by atoms with Crippen LogP contribution in [0.15, 0.2) is 12.5 Å². The van der Waals surface area contributed by atoms with Crippen molar-refractivity contribution < 1.29 is 0 Å². The molecule has 0 aromatic carbocycles. The maximum Gasteiger partial charge on any atom is 0.0921 e. The molecule has 1 aromatic rings. The average Bonchev–Trinajstić information content (AvgIpc) is 2.56. The number of aromatic nitrogens is 2. The average molecular weight is 137 g/mol. The summed E-state index contributed by atoms with van der Waals surface area (Å²) in [7, 11) is 0. The molecule has 0 saturated heterocycles. The van der Waals surface area contributed by atoms with E-state index in [2.05, 4.69) is 9.97 Å². The molecule has 0 bridgehead atoms. The van der Waals surface area contributed by atoms with Crippen LogP contribution in [-0.4, -0.2) is 16.5 Å². The minimum absolute atomic E-state index is 0.674. The fraction of sp³-hybridized carbons (Fsp3) is 0.571. The monoisotopic (exact) mass is 137 g/mol. The number of aromatic amines is 1. The molecule has 1 aliphatic rings. The second-order valence-corrected chi connectivity index (χ2v) is 2.84. The van der Waals surface area contributed by atoms with Crippen molar-refractivity contribution in [2.75, 3.05) is 6.54 Å². The van der Waals surface area contributed by atoms with E-state index in [-0.39, 0.29) is 0 Å². The van der Waals surface area contributed by atoms with Gasteiger partial charge in [0.25, 0.3) is 0 Å². The molecule has 2 rings (SSSR count). The molecule has 1 heterocycles. The Bertz CT molecular complexity index is 205. The zero-order valence-corrected chi connectivity index (χ0v) is 5.75. The van der Waals surface area contributed by atoms with E-state index >= 15 is 0 Å². The standard InChI is InChI=1S/C7H11N3/c8-2-5-1-6(5)7-3-9-4-10-7/h3-6H,1-2,8H2,(H,9,10)/t5-,6-/m0/s1. The van der Waals surface area contributed by atoms with E-state index in [1.54, 1.807) is 6.33 Å². The predicted octanol–water partition coefficient (Wildman–Crippen LogP) is 0.472. The smallest absolute Gasteiger partial charge is 0.0921 e. The van der Waals surface area contributed by atoms with Gasteiger partial charge in [-0.3, -0.25) is 0 Å². The summed E-state index contributed by atoms with van der Waals surface area (Å²) >= 11 is 0. The summed E-state index contributed by atoms with van der Waals surface area (Å²) in [6.07, 6.45) is 4.85. The Balaban J connectivity index is 2.05. The van der Waals surface area contributed by atoms with Crippen LogP contribution in [0.1, 0.15) is 18.0 Å². The van der Waals surface area contributed by atoms with Crippen LogP contribution in [0.2, 0.25) is 0 Å². The summed E-state index contributed by atoms with van der Waals surface area (Å²) in [5.41, 5.74) is 6.74. The van der Waals surface area contributed by atoms with Gasteiger partial charge in [-0.2, -0.15) is 0 Å². The third kappa shape index (κ3) is 0.827. The highest BCUT2D eigenvalue weighted by atomic mass is 14.9. The Morgan fingerprint density at radius 3 is 3.20 bits per heavy atom. The summed E-state index contributed by atoms with van der Waals surface area (Å²) in [5.74, 6) is 1.38. The largest absolute Gasteiger partial charge is 0.348 e. The second kappa shape index (κ2) is 2.09. The zero-order valence-electron chi connectivity index (χ0n) is 5.75. The normalized spacial score (nSPS) is 30.5. The van der Waals surface area contributed by atoms with E-state index in [4.69, 9.17) is 5.73 Å². The van der Waals surface area contributed by atoms with Gasteiger partial charge in [-0.15, -0.1) is 0 Å².